The molecule has 106 valence electrons. The van der Waals surface area contributed by atoms with Crippen molar-refractivity contribution in [2.24, 2.45) is 5.73 Å². The molecule has 4 N–H and O–H groups in total. The summed E-state index contributed by atoms with van der Waals surface area (Å²) in [6, 6.07) is 2.60. The quantitative estimate of drug-likeness (QED) is 0.790. The number of carbonyl (C=O) groups excluding carboxylic acids is 1. The van der Waals surface area contributed by atoms with E-state index in [2.05, 4.69) is 0 Å². The van der Waals surface area contributed by atoms with Gasteiger partial charge in [-0.25, -0.2) is 0 Å². The standard InChI is InChI=1S/C11H11ClF3NO3/c12-5-1-2-7(11(13,14)15)6(3-5)10(19)8(17)4-9(16)18/h1-3,8,10,17,19H,4H2,(H2,16,18). The Hall–Kier alpha value is -1.31. The molecule has 0 spiro atoms. The van der Waals surface area contributed by atoms with E-state index >= 15 is 0 Å². The molecule has 0 heterocycles. The Bertz CT molecular complexity index is 479. The van der Waals surface area contributed by atoms with Crippen LogP contribution >= 0.6 is 11.6 Å². The van der Waals surface area contributed by atoms with Crippen molar-refractivity contribution in [3.8, 4) is 0 Å². The molecule has 0 bridgehead atoms. The maximum absolute atomic E-state index is 12.7. The number of amides is 1. The summed E-state index contributed by atoms with van der Waals surface area (Å²) in [6.45, 7) is 0. The lowest BCUT2D eigenvalue weighted by atomic mass is 9.96. The van der Waals surface area contributed by atoms with Gasteiger partial charge in [-0.1, -0.05) is 11.6 Å². The first-order chi connectivity index (χ1) is 8.62. The minimum Gasteiger partial charge on any atom is -0.390 e. The van der Waals surface area contributed by atoms with Gasteiger partial charge in [-0.15, -0.1) is 0 Å². The maximum atomic E-state index is 12.7. The van der Waals surface area contributed by atoms with E-state index in [-0.39, 0.29) is 5.02 Å². The number of aliphatic hydroxyl groups is 2. The largest absolute Gasteiger partial charge is 0.416 e. The van der Waals surface area contributed by atoms with E-state index in [4.69, 9.17) is 17.3 Å². The number of benzene rings is 1. The van der Waals surface area contributed by atoms with Crippen LogP contribution in [0.3, 0.4) is 0 Å². The molecule has 1 rings (SSSR count). The van der Waals surface area contributed by atoms with Crippen molar-refractivity contribution >= 4 is 17.5 Å². The van der Waals surface area contributed by atoms with Crippen LogP contribution in [0.5, 0.6) is 0 Å². The van der Waals surface area contributed by atoms with Crippen LogP contribution in [0.2, 0.25) is 5.02 Å². The van der Waals surface area contributed by atoms with E-state index < -0.39 is 41.8 Å². The van der Waals surface area contributed by atoms with Gasteiger partial charge in [-0.05, 0) is 23.8 Å². The highest BCUT2D eigenvalue weighted by Gasteiger charge is 2.36. The Morgan fingerprint density at radius 3 is 2.42 bits per heavy atom. The SMILES string of the molecule is NC(=O)CC(O)C(O)c1cc(Cl)ccc1C(F)(F)F. The van der Waals surface area contributed by atoms with Crippen LogP contribution in [0.25, 0.3) is 0 Å². The summed E-state index contributed by atoms with van der Waals surface area (Å²) in [5, 5.41) is 19.1. The Labute approximate surface area is 111 Å². The molecule has 0 aliphatic heterocycles. The van der Waals surface area contributed by atoms with E-state index in [1.54, 1.807) is 0 Å². The smallest absolute Gasteiger partial charge is 0.390 e. The van der Waals surface area contributed by atoms with Crippen molar-refractivity contribution < 1.29 is 28.2 Å². The highest BCUT2D eigenvalue weighted by atomic mass is 35.5. The summed E-state index contributed by atoms with van der Waals surface area (Å²) in [7, 11) is 0. The van der Waals surface area contributed by atoms with Gasteiger partial charge in [0.15, 0.2) is 0 Å². The fourth-order valence-corrected chi connectivity index (χ4v) is 1.74. The zero-order valence-electron chi connectivity index (χ0n) is 9.49. The first-order valence-corrected chi connectivity index (χ1v) is 5.51. The number of nitrogens with two attached hydrogens (primary N) is 1. The summed E-state index contributed by atoms with van der Waals surface area (Å²) < 4.78 is 38.2. The minimum absolute atomic E-state index is 0.0340. The van der Waals surface area contributed by atoms with Crippen molar-refractivity contribution in [3.63, 3.8) is 0 Å². The molecule has 4 nitrogen and oxygen atoms in total. The number of alkyl halides is 3. The zero-order valence-corrected chi connectivity index (χ0v) is 10.2. The second-order valence-corrected chi connectivity index (χ2v) is 4.35. The van der Waals surface area contributed by atoms with E-state index in [0.717, 1.165) is 12.1 Å². The summed E-state index contributed by atoms with van der Waals surface area (Å²) in [4.78, 5) is 10.6. The molecule has 8 heteroatoms. The van der Waals surface area contributed by atoms with Crippen molar-refractivity contribution in [2.45, 2.75) is 24.8 Å². The molecule has 0 aliphatic carbocycles. The van der Waals surface area contributed by atoms with Crippen LogP contribution in [-0.2, 0) is 11.0 Å². The van der Waals surface area contributed by atoms with Crippen LogP contribution in [0.15, 0.2) is 18.2 Å². The minimum atomic E-state index is -4.71. The van der Waals surface area contributed by atoms with Crippen LogP contribution < -0.4 is 5.73 Å². The third-order valence-corrected chi connectivity index (χ3v) is 2.65. The maximum Gasteiger partial charge on any atom is 0.416 e. The molecular weight excluding hydrogens is 287 g/mol. The van der Waals surface area contributed by atoms with Gasteiger partial charge in [0.05, 0.1) is 18.1 Å². The third kappa shape index (κ3) is 4.09. The van der Waals surface area contributed by atoms with Crippen molar-refractivity contribution in [2.75, 3.05) is 0 Å². The Morgan fingerprint density at radius 1 is 1.37 bits per heavy atom. The van der Waals surface area contributed by atoms with Gasteiger partial charge in [0.1, 0.15) is 6.10 Å². The van der Waals surface area contributed by atoms with Gasteiger partial charge in [0, 0.05) is 5.02 Å². The summed E-state index contributed by atoms with van der Waals surface area (Å²) in [5.74, 6) is -0.942. The highest BCUT2D eigenvalue weighted by Crippen LogP contribution is 2.37. The molecule has 1 aromatic rings. The Kier molecular flexibility index (Phi) is 4.78. The van der Waals surface area contributed by atoms with Crippen LogP contribution in [-0.4, -0.2) is 22.2 Å². The molecule has 0 aliphatic rings. The van der Waals surface area contributed by atoms with Crippen LogP contribution in [0, 0.1) is 0 Å². The second kappa shape index (κ2) is 5.77. The van der Waals surface area contributed by atoms with Gasteiger partial charge in [0.25, 0.3) is 0 Å². The molecule has 0 radical (unpaired) electrons. The van der Waals surface area contributed by atoms with Gasteiger partial charge < -0.3 is 15.9 Å². The van der Waals surface area contributed by atoms with Gasteiger partial charge >= 0.3 is 6.18 Å². The number of hydrogen-bond acceptors (Lipinski definition) is 3. The van der Waals surface area contributed by atoms with E-state index in [9.17, 15) is 28.2 Å². The first-order valence-electron chi connectivity index (χ1n) is 5.14. The number of aliphatic hydroxyl groups excluding tert-OH is 2. The van der Waals surface area contributed by atoms with Crippen molar-refractivity contribution in [1.82, 2.24) is 0 Å². The Morgan fingerprint density at radius 2 is 1.95 bits per heavy atom. The van der Waals surface area contributed by atoms with Gasteiger partial charge in [0.2, 0.25) is 5.91 Å². The molecule has 19 heavy (non-hydrogen) atoms. The molecule has 1 amide bonds. The molecule has 2 unspecified atom stereocenters. The number of hydrogen-bond donors (Lipinski definition) is 3. The highest BCUT2D eigenvalue weighted by molar-refractivity contribution is 6.30. The second-order valence-electron chi connectivity index (χ2n) is 3.91. The third-order valence-electron chi connectivity index (χ3n) is 2.41. The summed E-state index contributed by atoms with van der Waals surface area (Å²) >= 11 is 5.57. The molecular formula is C11H11ClF3NO3. The predicted octanol–water partition coefficient (Wildman–Crippen LogP) is 1.63. The van der Waals surface area contributed by atoms with E-state index in [1.165, 1.54) is 0 Å². The predicted molar refractivity (Wildman–Crippen MR) is 61.2 cm³/mol. The molecule has 0 aromatic heterocycles. The fourth-order valence-electron chi connectivity index (χ4n) is 1.56. The van der Waals surface area contributed by atoms with Crippen molar-refractivity contribution in [3.05, 3.63) is 34.3 Å². The van der Waals surface area contributed by atoms with Gasteiger partial charge in [-0.2, -0.15) is 13.2 Å². The van der Waals surface area contributed by atoms with Gasteiger partial charge in [-0.3, -0.25) is 4.79 Å². The topological polar surface area (TPSA) is 83.6 Å². The molecule has 0 saturated heterocycles. The Balaban J connectivity index is 3.17. The molecule has 0 saturated carbocycles. The molecule has 2 atom stereocenters. The lowest BCUT2D eigenvalue weighted by Gasteiger charge is -2.21. The van der Waals surface area contributed by atoms with Crippen molar-refractivity contribution in [1.29, 1.82) is 0 Å². The van der Waals surface area contributed by atoms with Crippen LogP contribution in [0.1, 0.15) is 23.7 Å². The monoisotopic (exact) mass is 297 g/mol. The zero-order chi connectivity index (χ0) is 14.8. The number of rotatable bonds is 4. The van der Waals surface area contributed by atoms with Crippen LogP contribution in [0.4, 0.5) is 13.2 Å². The van der Waals surface area contributed by atoms with E-state index in [0.29, 0.717) is 6.07 Å². The average Bonchev–Trinajstić information content (AvgIpc) is 2.25. The van der Waals surface area contributed by atoms with E-state index in [1.807, 2.05) is 0 Å². The molecule has 0 fully saturated rings. The number of primary amides is 1. The lowest BCUT2D eigenvalue weighted by molar-refractivity contribution is -0.140. The fraction of sp³-hybridized carbons (Fsp3) is 0.364. The molecule has 1 aromatic carbocycles. The summed E-state index contributed by atoms with van der Waals surface area (Å²) in [5.41, 5.74) is 3.07. The average molecular weight is 298 g/mol. The number of carbonyl (C=O) groups is 1. The number of halogens is 4. The normalized spacial score (nSPS) is 15.1. The lowest BCUT2D eigenvalue weighted by Crippen LogP contribution is -2.27. The summed E-state index contributed by atoms with van der Waals surface area (Å²) in [6.07, 6.45) is -9.03. The first kappa shape index (κ1) is 15.7.